The van der Waals surface area contributed by atoms with Crippen LogP contribution in [0.15, 0.2) is 48.5 Å². The molecule has 1 amide bonds. The summed E-state index contributed by atoms with van der Waals surface area (Å²) in [7, 11) is 0. The van der Waals surface area contributed by atoms with E-state index in [0.29, 0.717) is 5.56 Å². The van der Waals surface area contributed by atoms with Gasteiger partial charge in [-0.25, -0.2) is 0 Å². The molecule has 0 bridgehead atoms. The molecule has 0 radical (unpaired) electrons. The zero-order valence-corrected chi connectivity index (χ0v) is 12.1. The van der Waals surface area contributed by atoms with Crippen molar-refractivity contribution in [2.24, 2.45) is 0 Å². The Kier molecular flexibility index (Phi) is 4.72. The van der Waals surface area contributed by atoms with Crippen LogP contribution in [-0.2, 0) is 4.79 Å². The van der Waals surface area contributed by atoms with E-state index in [4.69, 9.17) is 0 Å². The molecule has 0 unspecified atom stereocenters. The molecule has 0 saturated carbocycles. The third-order valence-electron chi connectivity index (χ3n) is 3.16. The number of ketones is 1. The Hall–Kier alpha value is -2.62. The summed E-state index contributed by atoms with van der Waals surface area (Å²) >= 11 is 0. The molecule has 0 aliphatic rings. The van der Waals surface area contributed by atoms with E-state index in [-0.39, 0.29) is 18.2 Å². The van der Waals surface area contributed by atoms with E-state index in [9.17, 15) is 9.59 Å². The van der Waals surface area contributed by atoms with Crippen molar-refractivity contribution in [2.45, 2.75) is 13.8 Å². The van der Waals surface area contributed by atoms with Gasteiger partial charge in [0.2, 0.25) is 5.91 Å². The second-order valence-electron chi connectivity index (χ2n) is 4.85. The van der Waals surface area contributed by atoms with Crippen LogP contribution in [0, 0.1) is 6.92 Å². The van der Waals surface area contributed by atoms with E-state index < -0.39 is 0 Å². The van der Waals surface area contributed by atoms with Crippen molar-refractivity contribution < 1.29 is 9.59 Å². The summed E-state index contributed by atoms with van der Waals surface area (Å²) in [5.41, 5.74) is 3.30. The average Bonchev–Trinajstić information content (AvgIpc) is 2.48. The molecule has 2 rings (SSSR count). The van der Waals surface area contributed by atoms with Crippen molar-refractivity contribution in [3.8, 4) is 0 Å². The number of nitrogens with one attached hydrogen (secondary N) is 2. The molecule has 4 nitrogen and oxygen atoms in total. The lowest BCUT2D eigenvalue weighted by Crippen LogP contribution is -2.22. The van der Waals surface area contributed by atoms with E-state index in [1.807, 2.05) is 31.2 Å². The number of Topliss-reactive ketones (excluding diaryl/α,β-unsaturated/α-hetero) is 1. The number of aryl methyl sites for hydroxylation is 1. The van der Waals surface area contributed by atoms with Crippen molar-refractivity contribution in [2.75, 3.05) is 17.2 Å². The van der Waals surface area contributed by atoms with Crippen molar-refractivity contribution in [3.05, 3.63) is 59.7 Å². The quantitative estimate of drug-likeness (QED) is 0.828. The number of benzene rings is 2. The van der Waals surface area contributed by atoms with Crippen LogP contribution in [0.2, 0.25) is 0 Å². The van der Waals surface area contributed by atoms with Gasteiger partial charge in [0.1, 0.15) is 0 Å². The first-order valence-corrected chi connectivity index (χ1v) is 6.76. The Balaban J connectivity index is 1.89. The summed E-state index contributed by atoms with van der Waals surface area (Å²) in [5.74, 6) is -0.0845. The molecule has 4 heteroatoms. The highest BCUT2D eigenvalue weighted by Crippen LogP contribution is 2.13. The molecule has 21 heavy (non-hydrogen) atoms. The van der Waals surface area contributed by atoms with Crippen molar-refractivity contribution in [1.29, 1.82) is 0 Å². The largest absolute Gasteiger partial charge is 0.376 e. The topological polar surface area (TPSA) is 58.2 Å². The molecule has 0 spiro atoms. The van der Waals surface area contributed by atoms with Crippen LogP contribution in [0.5, 0.6) is 0 Å². The maximum atomic E-state index is 11.9. The third kappa shape index (κ3) is 4.18. The molecule has 2 aromatic rings. The predicted molar refractivity (Wildman–Crippen MR) is 84.7 cm³/mol. The molecule has 0 aliphatic carbocycles. The van der Waals surface area contributed by atoms with E-state index in [1.165, 1.54) is 6.92 Å². The summed E-state index contributed by atoms with van der Waals surface area (Å²) in [6, 6.07) is 14.7. The summed E-state index contributed by atoms with van der Waals surface area (Å²) in [6.45, 7) is 3.65. The molecule has 0 atom stereocenters. The van der Waals surface area contributed by atoms with Crippen LogP contribution >= 0.6 is 0 Å². The van der Waals surface area contributed by atoms with Crippen LogP contribution in [0.25, 0.3) is 0 Å². The molecule has 2 N–H and O–H groups in total. The van der Waals surface area contributed by atoms with E-state index >= 15 is 0 Å². The van der Waals surface area contributed by atoms with Gasteiger partial charge in [0.05, 0.1) is 6.54 Å². The predicted octanol–water partition coefficient (Wildman–Crippen LogP) is 3.25. The molecule has 0 aliphatic heterocycles. The van der Waals surface area contributed by atoms with Gasteiger partial charge in [-0.1, -0.05) is 18.2 Å². The maximum absolute atomic E-state index is 11.9. The lowest BCUT2D eigenvalue weighted by molar-refractivity contribution is -0.114. The van der Waals surface area contributed by atoms with Gasteiger partial charge in [-0.3, -0.25) is 9.59 Å². The monoisotopic (exact) mass is 282 g/mol. The highest BCUT2D eigenvalue weighted by molar-refractivity contribution is 5.95. The molecular weight excluding hydrogens is 264 g/mol. The van der Waals surface area contributed by atoms with Gasteiger partial charge in [-0.05, 0) is 49.7 Å². The van der Waals surface area contributed by atoms with Gasteiger partial charge in [0.25, 0.3) is 0 Å². The van der Waals surface area contributed by atoms with Gasteiger partial charge < -0.3 is 10.6 Å². The van der Waals surface area contributed by atoms with E-state index in [1.54, 1.807) is 24.3 Å². The summed E-state index contributed by atoms with van der Waals surface area (Å²) in [6.07, 6.45) is 0. The fraction of sp³-hybridized carbons (Fsp3) is 0.176. The molecule has 0 heterocycles. The van der Waals surface area contributed by atoms with Gasteiger partial charge in [0.15, 0.2) is 5.78 Å². The number of amides is 1. The van der Waals surface area contributed by atoms with Gasteiger partial charge in [0, 0.05) is 16.9 Å². The van der Waals surface area contributed by atoms with Crippen LogP contribution in [0.4, 0.5) is 11.4 Å². The summed E-state index contributed by atoms with van der Waals surface area (Å²) < 4.78 is 0. The number of carbonyl (C=O) groups is 2. The highest BCUT2D eigenvalue weighted by atomic mass is 16.2. The Labute approximate surface area is 124 Å². The van der Waals surface area contributed by atoms with Crippen molar-refractivity contribution >= 4 is 23.1 Å². The minimum atomic E-state index is -0.111. The van der Waals surface area contributed by atoms with Crippen LogP contribution in [0.1, 0.15) is 22.8 Å². The first kappa shape index (κ1) is 14.8. The zero-order valence-electron chi connectivity index (χ0n) is 12.1. The highest BCUT2D eigenvalue weighted by Gasteiger charge is 2.04. The first-order chi connectivity index (χ1) is 10.1. The SMILES string of the molecule is CC(=O)c1ccc(NCC(=O)Nc2ccccc2C)cc1. The fourth-order valence-corrected chi connectivity index (χ4v) is 1.91. The molecule has 0 aromatic heterocycles. The fourth-order valence-electron chi connectivity index (χ4n) is 1.91. The number of carbonyl (C=O) groups excluding carboxylic acids is 2. The number of rotatable bonds is 5. The lowest BCUT2D eigenvalue weighted by atomic mass is 10.1. The van der Waals surface area contributed by atoms with E-state index in [2.05, 4.69) is 10.6 Å². The van der Waals surface area contributed by atoms with Crippen molar-refractivity contribution in [1.82, 2.24) is 0 Å². The molecule has 108 valence electrons. The second kappa shape index (κ2) is 6.70. The van der Waals surface area contributed by atoms with E-state index in [0.717, 1.165) is 16.9 Å². The number of anilines is 2. The van der Waals surface area contributed by atoms with Crippen molar-refractivity contribution in [3.63, 3.8) is 0 Å². The minimum absolute atomic E-state index is 0.0267. The summed E-state index contributed by atoms with van der Waals surface area (Å²) in [4.78, 5) is 23.1. The van der Waals surface area contributed by atoms with Gasteiger partial charge >= 0.3 is 0 Å². The standard InChI is InChI=1S/C17H18N2O2/c1-12-5-3-4-6-16(12)19-17(21)11-18-15-9-7-14(8-10-15)13(2)20/h3-10,18H,11H2,1-2H3,(H,19,21). The smallest absolute Gasteiger partial charge is 0.243 e. The Morgan fingerprint density at radius 2 is 1.67 bits per heavy atom. The molecular formula is C17H18N2O2. The Morgan fingerprint density at radius 3 is 2.29 bits per heavy atom. The van der Waals surface area contributed by atoms with Gasteiger partial charge in [-0.15, -0.1) is 0 Å². The summed E-state index contributed by atoms with van der Waals surface area (Å²) in [5, 5.41) is 5.88. The van der Waals surface area contributed by atoms with Crippen LogP contribution in [-0.4, -0.2) is 18.2 Å². The second-order valence-corrected chi connectivity index (χ2v) is 4.85. The van der Waals surface area contributed by atoms with Gasteiger partial charge in [-0.2, -0.15) is 0 Å². The molecule has 0 saturated heterocycles. The van der Waals surface area contributed by atoms with Crippen LogP contribution in [0.3, 0.4) is 0 Å². The molecule has 0 fully saturated rings. The average molecular weight is 282 g/mol. The number of hydrogen-bond donors (Lipinski definition) is 2. The zero-order chi connectivity index (χ0) is 15.2. The molecule has 2 aromatic carbocycles. The normalized spacial score (nSPS) is 10.0. The Bertz CT molecular complexity index is 648. The number of para-hydroxylation sites is 1. The Morgan fingerprint density at radius 1 is 1.00 bits per heavy atom. The van der Waals surface area contributed by atoms with Crippen LogP contribution < -0.4 is 10.6 Å². The number of hydrogen-bond acceptors (Lipinski definition) is 3. The lowest BCUT2D eigenvalue weighted by Gasteiger charge is -2.10. The minimum Gasteiger partial charge on any atom is -0.376 e. The maximum Gasteiger partial charge on any atom is 0.243 e. The third-order valence-corrected chi connectivity index (χ3v) is 3.16. The first-order valence-electron chi connectivity index (χ1n) is 6.76.